The fourth-order valence-corrected chi connectivity index (χ4v) is 7.90. The third-order valence-electron chi connectivity index (χ3n) is 9.13. The number of carbonyl (C=O) groups excluding carboxylic acids is 1. The van der Waals surface area contributed by atoms with Gasteiger partial charge in [0.25, 0.3) is 0 Å². The van der Waals surface area contributed by atoms with Crippen LogP contribution in [-0.2, 0) is 4.79 Å². The Hall–Kier alpha value is -0.370. The second-order valence-electron chi connectivity index (χ2n) is 9.87. The highest BCUT2D eigenvalue weighted by molar-refractivity contribution is 5.79. The summed E-state index contributed by atoms with van der Waals surface area (Å²) in [5.41, 5.74) is 0.738. The molecular weight excluding hydrogens is 284 g/mol. The normalized spacial score (nSPS) is 55.7. The lowest BCUT2D eigenvalue weighted by Gasteiger charge is -2.60. The van der Waals surface area contributed by atoms with Crippen LogP contribution < -0.4 is 0 Å². The van der Waals surface area contributed by atoms with Gasteiger partial charge in [-0.15, -0.1) is 0 Å². The molecule has 2 heteroatoms. The standard InChI is InChI=1S/C21H34O2/c1-13(22)17-6-7-18-16-5-4-14-12-15(23)8-10-20(14,2)19(16)9-11-21(17,18)3/h14-19,23H,4-12H2,1-3H3/t14-,15-,16-,17?,18-,19-,20?,21?/m0/s1. The van der Waals surface area contributed by atoms with Crippen molar-refractivity contribution in [1.29, 1.82) is 0 Å². The van der Waals surface area contributed by atoms with Crippen LogP contribution >= 0.6 is 0 Å². The first-order valence-corrected chi connectivity index (χ1v) is 10.0. The zero-order valence-electron chi connectivity index (χ0n) is 15.2. The van der Waals surface area contributed by atoms with Crippen LogP contribution in [0.5, 0.6) is 0 Å². The van der Waals surface area contributed by atoms with E-state index in [0.717, 1.165) is 42.9 Å². The molecule has 0 radical (unpaired) electrons. The number of hydrogen-bond donors (Lipinski definition) is 1. The zero-order chi connectivity index (χ0) is 16.4. The Morgan fingerprint density at radius 1 is 0.913 bits per heavy atom. The lowest BCUT2D eigenvalue weighted by Crippen LogP contribution is -2.54. The van der Waals surface area contributed by atoms with E-state index in [0.29, 0.717) is 17.1 Å². The van der Waals surface area contributed by atoms with E-state index in [9.17, 15) is 9.90 Å². The van der Waals surface area contributed by atoms with Gasteiger partial charge in [-0.25, -0.2) is 0 Å². The number of fused-ring (bicyclic) bond motifs is 5. The smallest absolute Gasteiger partial charge is 0.133 e. The molecule has 8 atom stereocenters. The second kappa shape index (κ2) is 5.31. The van der Waals surface area contributed by atoms with Crippen molar-refractivity contribution in [2.24, 2.45) is 40.4 Å². The highest BCUT2D eigenvalue weighted by Crippen LogP contribution is 2.67. The first-order valence-electron chi connectivity index (χ1n) is 10.0. The van der Waals surface area contributed by atoms with Crippen molar-refractivity contribution in [2.45, 2.75) is 84.7 Å². The van der Waals surface area contributed by atoms with Crippen molar-refractivity contribution in [3.63, 3.8) is 0 Å². The predicted octanol–water partition coefficient (Wildman–Crippen LogP) is 4.60. The molecule has 3 unspecified atom stereocenters. The maximum Gasteiger partial charge on any atom is 0.133 e. The highest BCUT2D eigenvalue weighted by atomic mass is 16.3. The lowest BCUT2D eigenvalue weighted by molar-refractivity contribution is -0.138. The van der Waals surface area contributed by atoms with Gasteiger partial charge in [-0.05, 0) is 99.2 Å². The molecule has 2 nitrogen and oxygen atoms in total. The minimum Gasteiger partial charge on any atom is -0.393 e. The van der Waals surface area contributed by atoms with Crippen molar-refractivity contribution in [3.8, 4) is 0 Å². The van der Waals surface area contributed by atoms with Gasteiger partial charge >= 0.3 is 0 Å². The first kappa shape index (κ1) is 16.1. The maximum absolute atomic E-state index is 12.2. The molecule has 0 aromatic heterocycles. The summed E-state index contributed by atoms with van der Waals surface area (Å²) in [5, 5.41) is 10.1. The van der Waals surface area contributed by atoms with Crippen LogP contribution in [0.1, 0.15) is 78.6 Å². The zero-order valence-corrected chi connectivity index (χ0v) is 15.2. The molecule has 0 amide bonds. The second-order valence-corrected chi connectivity index (χ2v) is 9.87. The summed E-state index contributed by atoms with van der Waals surface area (Å²) in [7, 11) is 0. The van der Waals surface area contributed by atoms with Crippen LogP contribution in [0.15, 0.2) is 0 Å². The first-order chi connectivity index (χ1) is 10.9. The van der Waals surface area contributed by atoms with Gasteiger partial charge in [-0.1, -0.05) is 13.8 Å². The van der Waals surface area contributed by atoms with E-state index in [2.05, 4.69) is 13.8 Å². The van der Waals surface area contributed by atoms with Gasteiger partial charge in [0.1, 0.15) is 5.78 Å². The summed E-state index contributed by atoms with van der Waals surface area (Å²) in [5.74, 6) is 3.97. The Balaban J connectivity index is 1.61. The van der Waals surface area contributed by atoms with Crippen molar-refractivity contribution in [2.75, 3.05) is 0 Å². The Morgan fingerprint density at radius 2 is 1.61 bits per heavy atom. The summed E-state index contributed by atoms with van der Waals surface area (Å²) in [6.45, 7) is 6.80. The molecule has 0 saturated heterocycles. The van der Waals surface area contributed by atoms with E-state index in [1.165, 1.54) is 38.5 Å². The fraction of sp³-hybridized carbons (Fsp3) is 0.952. The molecule has 1 N–H and O–H groups in total. The number of aliphatic hydroxyl groups is 1. The minimum absolute atomic E-state index is 0.0490. The van der Waals surface area contributed by atoms with Crippen LogP contribution in [0.2, 0.25) is 0 Å². The van der Waals surface area contributed by atoms with Crippen LogP contribution in [0.25, 0.3) is 0 Å². The van der Waals surface area contributed by atoms with Crippen molar-refractivity contribution >= 4 is 5.78 Å². The summed E-state index contributed by atoms with van der Waals surface area (Å²) in [6.07, 6.45) is 10.9. The van der Waals surface area contributed by atoms with E-state index < -0.39 is 0 Å². The Bertz CT molecular complexity index is 500. The van der Waals surface area contributed by atoms with E-state index in [1.54, 1.807) is 0 Å². The molecule has 4 fully saturated rings. The van der Waals surface area contributed by atoms with Gasteiger partial charge in [-0.2, -0.15) is 0 Å². The Morgan fingerprint density at radius 3 is 2.35 bits per heavy atom. The average molecular weight is 319 g/mol. The van der Waals surface area contributed by atoms with Crippen molar-refractivity contribution < 1.29 is 9.90 Å². The van der Waals surface area contributed by atoms with E-state index in [-0.39, 0.29) is 11.5 Å². The van der Waals surface area contributed by atoms with Crippen LogP contribution in [0.4, 0.5) is 0 Å². The third kappa shape index (κ3) is 2.19. The van der Waals surface area contributed by atoms with Gasteiger partial charge in [0, 0.05) is 5.92 Å². The average Bonchev–Trinajstić information content (AvgIpc) is 2.85. The van der Waals surface area contributed by atoms with Gasteiger partial charge in [0.2, 0.25) is 0 Å². The van der Waals surface area contributed by atoms with Crippen LogP contribution in [0, 0.1) is 40.4 Å². The summed E-state index contributed by atoms with van der Waals surface area (Å²) < 4.78 is 0. The van der Waals surface area contributed by atoms with Crippen LogP contribution in [-0.4, -0.2) is 17.0 Å². The van der Waals surface area contributed by atoms with Crippen LogP contribution in [0.3, 0.4) is 0 Å². The minimum atomic E-state index is -0.0490. The number of ketones is 1. The molecular formula is C21H34O2. The Labute approximate surface area is 141 Å². The topological polar surface area (TPSA) is 37.3 Å². The number of aliphatic hydroxyl groups excluding tert-OH is 1. The molecule has 0 spiro atoms. The largest absolute Gasteiger partial charge is 0.393 e. The predicted molar refractivity (Wildman–Crippen MR) is 91.9 cm³/mol. The number of hydrogen-bond acceptors (Lipinski definition) is 2. The van der Waals surface area contributed by atoms with Gasteiger partial charge in [0.15, 0.2) is 0 Å². The molecule has 130 valence electrons. The number of carbonyl (C=O) groups is 1. The number of rotatable bonds is 1. The number of Topliss-reactive ketones (excluding diaryl/α,β-unsaturated/α-hetero) is 1. The molecule has 0 aromatic carbocycles. The SMILES string of the molecule is CC(=O)C1CC[C@H]2[C@@H]3CC[C@H]4C[C@@H](O)CCC4(C)[C@H]3CCC12C. The third-order valence-corrected chi connectivity index (χ3v) is 9.13. The molecule has 4 aliphatic rings. The van der Waals surface area contributed by atoms with E-state index in [4.69, 9.17) is 0 Å². The quantitative estimate of drug-likeness (QED) is 0.767. The van der Waals surface area contributed by atoms with Gasteiger partial charge in [0.05, 0.1) is 6.10 Å². The van der Waals surface area contributed by atoms with Crippen molar-refractivity contribution in [1.82, 2.24) is 0 Å². The molecule has 23 heavy (non-hydrogen) atoms. The highest BCUT2D eigenvalue weighted by Gasteiger charge is 2.60. The lowest BCUT2D eigenvalue weighted by atomic mass is 9.44. The van der Waals surface area contributed by atoms with Gasteiger partial charge < -0.3 is 5.11 Å². The molecule has 0 bridgehead atoms. The summed E-state index contributed by atoms with van der Waals surface area (Å²) in [4.78, 5) is 12.2. The maximum atomic E-state index is 12.2. The fourth-order valence-electron chi connectivity index (χ4n) is 7.90. The molecule has 4 aliphatic carbocycles. The van der Waals surface area contributed by atoms with Crippen molar-refractivity contribution in [3.05, 3.63) is 0 Å². The molecule has 0 aromatic rings. The Kier molecular flexibility index (Phi) is 3.72. The van der Waals surface area contributed by atoms with E-state index >= 15 is 0 Å². The molecule has 4 rings (SSSR count). The molecule has 0 heterocycles. The monoisotopic (exact) mass is 318 g/mol. The molecule has 0 aliphatic heterocycles. The summed E-state index contributed by atoms with van der Waals surface area (Å²) >= 11 is 0. The van der Waals surface area contributed by atoms with E-state index in [1.807, 2.05) is 6.92 Å². The summed E-state index contributed by atoms with van der Waals surface area (Å²) in [6, 6.07) is 0. The van der Waals surface area contributed by atoms with Gasteiger partial charge in [-0.3, -0.25) is 4.79 Å². The molecule has 4 saturated carbocycles.